The second-order valence-electron chi connectivity index (χ2n) is 5.06. The lowest BCUT2D eigenvalue weighted by atomic mass is 9.85. The minimum Gasteiger partial charge on any atom is -0.371 e. The van der Waals surface area contributed by atoms with E-state index in [-0.39, 0.29) is 5.78 Å². The van der Waals surface area contributed by atoms with E-state index < -0.39 is 0 Å². The summed E-state index contributed by atoms with van der Waals surface area (Å²) in [4.78, 5) is 13.7. The smallest absolute Gasteiger partial charge is 0.159 e. The number of ketones is 1. The van der Waals surface area contributed by atoms with Crippen LogP contribution in [0.4, 0.5) is 5.69 Å². The second-order valence-corrected chi connectivity index (χ2v) is 5.91. The van der Waals surface area contributed by atoms with Crippen LogP contribution in [0, 0.1) is 5.92 Å². The van der Waals surface area contributed by atoms with Gasteiger partial charge in [0.25, 0.3) is 0 Å². The Balaban J connectivity index is 2.16. The van der Waals surface area contributed by atoms with Gasteiger partial charge in [0, 0.05) is 23.1 Å². The lowest BCUT2D eigenvalue weighted by Gasteiger charge is -2.33. The lowest BCUT2D eigenvalue weighted by molar-refractivity contribution is 0.101. The van der Waals surface area contributed by atoms with Gasteiger partial charge in [0.15, 0.2) is 5.78 Å². The number of benzene rings is 1. The van der Waals surface area contributed by atoms with Gasteiger partial charge >= 0.3 is 0 Å². The van der Waals surface area contributed by atoms with Gasteiger partial charge in [-0.25, -0.2) is 0 Å². The second kappa shape index (κ2) is 5.87. The molecule has 0 spiro atoms. The molecule has 1 aromatic rings. The molecule has 98 valence electrons. The molecule has 0 aliphatic heterocycles. The molecule has 0 N–H and O–H groups in total. The molecule has 0 atom stereocenters. The van der Waals surface area contributed by atoms with Crippen molar-refractivity contribution in [3.63, 3.8) is 0 Å². The molecule has 0 bridgehead atoms. The van der Waals surface area contributed by atoms with E-state index in [2.05, 4.69) is 33.8 Å². The molecule has 0 saturated heterocycles. The molecule has 1 aromatic carbocycles. The normalized spacial score (nSPS) is 15.3. The first-order valence-electron chi connectivity index (χ1n) is 6.67. The molecule has 1 fully saturated rings. The van der Waals surface area contributed by atoms with Gasteiger partial charge < -0.3 is 4.90 Å². The zero-order valence-corrected chi connectivity index (χ0v) is 12.7. The van der Waals surface area contributed by atoms with Gasteiger partial charge in [-0.05, 0) is 66.7 Å². The highest BCUT2D eigenvalue weighted by Crippen LogP contribution is 2.32. The standard InChI is InChI=1S/C15H20BrNO/c1-3-17(10-12-5-4-6-12)15-8-7-13(11(2)18)9-14(15)16/h7-9,12H,3-6,10H2,1-2H3. The van der Waals surface area contributed by atoms with Crippen LogP contribution in [0.15, 0.2) is 22.7 Å². The number of Topliss-reactive ketones (excluding diaryl/α,β-unsaturated/α-hetero) is 1. The van der Waals surface area contributed by atoms with Crippen LogP contribution in [-0.2, 0) is 0 Å². The minimum absolute atomic E-state index is 0.115. The summed E-state index contributed by atoms with van der Waals surface area (Å²) >= 11 is 3.59. The zero-order chi connectivity index (χ0) is 13.1. The van der Waals surface area contributed by atoms with Crippen molar-refractivity contribution in [3.05, 3.63) is 28.2 Å². The summed E-state index contributed by atoms with van der Waals surface area (Å²) in [6.07, 6.45) is 4.10. The minimum atomic E-state index is 0.115. The third-order valence-electron chi connectivity index (χ3n) is 3.78. The molecule has 0 heterocycles. The highest BCUT2D eigenvalue weighted by atomic mass is 79.9. The zero-order valence-electron chi connectivity index (χ0n) is 11.1. The van der Waals surface area contributed by atoms with E-state index in [1.54, 1.807) is 6.92 Å². The van der Waals surface area contributed by atoms with Crippen LogP contribution in [0.1, 0.15) is 43.5 Å². The maximum absolute atomic E-state index is 11.3. The van der Waals surface area contributed by atoms with Gasteiger partial charge in [-0.1, -0.05) is 6.42 Å². The highest BCUT2D eigenvalue weighted by molar-refractivity contribution is 9.10. The van der Waals surface area contributed by atoms with Gasteiger partial charge in [0.1, 0.15) is 0 Å². The van der Waals surface area contributed by atoms with Crippen LogP contribution in [0.3, 0.4) is 0 Å². The van der Waals surface area contributed by atoms with Gasteiger partial charge in [0.05, 0.1) is 5.69 Å². The van der Waals surface area contributed by atoms with Crippen molar-refractivity contribution < 1.29 is 4.79 Å². The molecule has 1 aliphatic rings. The monoisotopic (exact) mass is 309 g/mol. The van der Waals surface area contributed by atoms with Gasteiger partial charge in [-0.3, -0.25) is 4.79 Å². The first-order valence-corrected chi connectivity index (χ1v) is 7.46. The summed E-state index contributed by atoms with van der Waals surface area (Å²) in [6, 6.07) is 5.91. The average Bonchev–Trinajstić information content (AvgIpc) is 2.29. The lowest BCUT2D eigenvalue weighted by Crippen LogP contribution is -2.32. The molecule has 2 rings (SSSR count). The van der Waals surface area contributed by atoms with Crippen LogP contribution in [0.25, 0.3) is 0 Å². The maximum atomic E-state index is 11.3. The summed E-state index contributed by atoms with van der Waals surface area (Å²) in [5.41, 5.74) is 1.97. The molecule has 1 aliphatic carbocycles. The Hall–Kier alpha value is -0.830. The van der Waals surface area contributed by atoms with Crippen LogP contribution >= 0.6 is 15.9 Å². The predicted octanol–water partition coefficient (Wildman–Crippen LogP) is 4.28. The molecular weight excluding hydrogens is 290 g/mol. The summed E-state index contributed by atoms with van der Waals surface area (Å²) in [6.45, 7) is 5.93. The Labute approximate surface area is 117 Å². The fourth-order valence-corrected chi connectivity index (χ4v) is 3.00. The molecule has 0 amide bonds. The average molecular weight is 310 g/mol. The molecule has 2 nitrogen and oxygen atoms in total. The third kappa shape index (κ3) is 2.94. The van der Waals surface area contributed by atoms with E-state index in [9.17, 15) is 4.79 Å². The van der Waals surface area contributed by atoms with E-state index in [4.69, 9.17) is 0 Å². The van der Waals surface area contributed by atoms with Crippen molar-refractivity contribution in [2.45, 2.75) is 33.1 Å². The Morgan fingerprint density at radius 2 is 2.17 bits per heavy atom. The molecule has 0 radical (unpaired) electrons. The molecule has 0 aromatic heterocycles. The van der Waals surface area contributed by atoms with Crippen LogP contribution < -0.4 is 4.90 Å². The van der Waals surface area contributed by atoms with Crippen molar-refractivity contribution in [2.24, 2.45) is 5.92 Å². The molecular formula is C15H20BrNO. The quantitative estimate of drug-likeness (QED) is 0.757. The predicted molar refractivity (Wildman–Crippen MR) is 79.4 cm³/mol. The summed E-state index contributed by atoms with van der Waals surface area (Å²) in [5, 5.41) is 0. The van der Waals surface area contributed by atoms with Crippen molar-refractivity contribution in [1.29, 1.82) is 0 Å². The van der Waals surface area contributed by atoms with Gasteiger partial charge in [0.2, 0.25) is 0 Å². The van der Waals surface area contributed by atoms with Crippen LogP contribution in [-0.4, -0.2) is 18.9 Å². The molecule has 1 saturated carbocycles. The number of carbonyl (C=O) groups excluding carboxylic acids is 1. The van der Waals surface area contributed by atoms with E-state index in [0.29, 0.717) is 0 Å². The largest absolute Gasteiger partial charge is 0.371 e. The molecule has 3 heteroatoms. The van der Waals surface area contributed by atoms with Crippen molar-refractivity contribution in [2.75, 3.05) is 18.0 Å². The van der Waals surface area contributed by atoms with E-state index in [1.165, 1.54) is 24.9 Å². The third-order valence-corrected chi connectivity index (χ3v) is 4.42. The summed E-state index contributed by atoms with van der Waals surface area (Å²) < 4.78 is 1.02. The first kappa shape index (κ1) is 13.6. The number of nitrogens with zero attached hydrogens (tertiary/aromatic N) is 1. The fraction of sp³-hybridized carbons (Fsp3) is 0.533. The van der Waals surface area contributed by atoms with Crippen molar-refractivity contribution in [3.8, 4) is 0 Å². The van der Waals surface area contributed by atoms with Crippen LogP contribution in [0.5, 0.6) is 0 Å². The van der Waals surface area contributed by atoms with Gasteiger partial charge in [-0.2, -0.15) is 0 Å². The Morgan fingerprint density at radius 1 is 1.44 bits per heavy atom. The Morgan fingerprint density at radius 3 is 2.61 bits per heavy atom. The Bertz CT molecular complexity index is 440. The number of carbonyl (C=O) groups is 1. The number of hydrogen-bond donors (Lipinski definition) is 0. The van der Waals surface area contributed by atoms with E-state index in [0.717, 1.165) is 29.0 Å². The van der Waals surface area contributed by atoms with Gasteiger partial charge in [-0.15, -0.1) is 0 Å². The number of hydrogen-bond acceptors (Lipinski definition) is 2. The summed E-state index contributed by atoms with van der Waals surface area (Å²) in [7, 11) is 0. The summed E-state index contributed by atoms with van der Waals surface area (Å²) in [5.74, 6) is 0.966. The van der Waals surface area contributed by atoms with Crippen LogP contribution in [0.2, 0.25) is 0 Å². The highest BCUT2D eigenvalue weighted by Gasteiger charge is 2.21. The topological polar surface area (TPSA) is 20.3 Å². The number of rotatable bonds is 5. The number of anilines is 1. The first-order chi connectivity index (χ1) is 8.61. The maximum Gasteiger partial charge on any atom is 0.159 e. The Kier molecular flexibility index (Phi) is 4.44. The molecule has 0 unspecified atom stereocenters. The number of halogens is 1. The SMILES string of the molecule is CCN(CC1CCC1)c1ccc(C(C)=O)cc1Br. The van der Waals surface area contributed by atoms with Crippen molar-refractivity contribution in [1.82, 2.24) is 0 Å². The van der Waals surface area contributed by atoms with E-state index >= 15 is 0 Å². The fourth-order valence-electron chi connectivity index (χ4n) is 2.37. The van der Waals surface area contributed by atoms with E-state index in [1.807, 2.05) is 12.1 Å². The van der Waals surface area contributed by atoms with Crippen molar-refractivity contribution >= 4 is 27.4 Å². The molecule has 18 heavy (non-hydrogen) atoms.